The van der Waals surface area contributed by atoms with Crippen LogP contribution in [0.25, 0.3) is 21.9 Å². The lowest BCUT2D eigenvalue weighted by Crippen LogP contribution is -2.29. The van der Waals surface area contributed by atoms with E-state index < -0.39 is 0 Å². The first-order valence-electron chi connectivity index (χ1n) is 9.12. The molecule has 1 amide bonds. The Hall–Kier alpha value is -3.28. The van der Waals surface area contributed by atoms with Crippen LogP contribution in [-0.2, 0) is 7.05 Å². The number of rotatable bonds is 2. The lowest BCUT2D eigenvalue weighted by atomic mass is 10.1. The molecule has 4 aromatic rings. The number of pyridine rings is 2. The van der Waals surface area contributed by atoms with Gasteiger partial charge in [-0.1, -0.05) is 24.3 Å². The molecule has 6 nitrogen and oxygen atoms in total. The van der Waals surface area contributed by atoms with E-state index in [9.17, 15) is 4.79 Å². The normalized spacial score (nSPS) is 17.1. The topological polar surface area (TPSA) is 63.9 Å². The fourth-order valence-corrected chi connectivity index (χ4v) is 3.92. The maximum Gasteiger partial charge on any atom is 0.272 e. The molecule has 1 aliphatic heterocycles. The predicted octanol–water partition coefficient (Wildman–Crippen LogP) is 3.15. The summed E-state index contributed by atoms with van der Waals surface area (Å²) in [5.41, 5.74) is 3.32. The molecule has 1 saturated heterocycles. The highest BCUT2D eigenvalue weighted by molar-refractivity contribution is 5.95. The van der Waals surface area contributed by atoms with E-state index in [-0.39, 0.29) is 11.8 Å². The van der Waals surface area contributed by atoms with Gasteiger partial charge >= 0.3 is 0 Å². The van der Waals surface area contributed by atoms with Crippen LogP contribution in [0.3, 0.4) is 0 Å². The number of likely N-dealkylation sites (tertiary alicyclic amines) is 1. The first kappa shape index (κ1) is 15.9. The minimum Gasteiger partial charge on any atom is -0.337 e. The van der Waals surface area contributed by atoms with Crippen LogP contribution in [0.4, 0.5) is 0 Å². The van der Waals surface area contributed by atoms with Gasteiger partial charge in [-0.05, 0) is 24.6 Å². The second-order valence-electron chi connectivity index (χ2n) is 7.02. The number of carbonyl (C=O) groups is 1. The van der Waals surface area contributed by atoms with Gasteiger partial charge in [0.05, 0.1) is 22.7 Å². The molecule has 0 spiro atoms. The van der Waals surface area contributed by atoms with Gasteiger partial charge < -0.3 is 9.47 Å². The molecule has 0 aliphatic carbocycles. The summed E-state index contributed by atoms with van der Waals surface area (Å²) in [7, 11) is 2.02. The third-order valence-electron chi connectivity index (χ3n) is 5.38. The molecule has 1 atom stereocenters. The van der Waals surface area contributed by atoms with Crippen molar-refractivity contribution in [2.75, 3.05) is 13.1 Å². The number of amides is 1. The summed E-state index contributed by atoms with van der Waals surface area (Å²) in [6.45, 7) is 1.39. The Kier molecular flexibility index (Phi) is 3.63. The third kappa shape index (κ3) is 2.65. The van der Waals surface area contributed by atoms with E-state index in [0.29, 0.717) is 12.2 Å². The maximum absolute atomic E-state index is 13.0. The maximum atomic E-state index is 13.0. The number of hydrogen-bond donors (Lipinski definition) is 0. The fraction of sp³-hybridized carbons (Fsp3) is 0.238. The van der Waals surface area contributed by atoms with Gasteiger partial charge in [0, 0.05) is 37.6 Å². The number of benzene rings is 1. The number of nitrogens with zero attached hydrogens (tertiary/aromatic N) is 5. The number of para-hydroxylation sites is 1. The van der Waals surface area contributed by atoms with Crippen LogP contribution in [0.15, 0.2) is 54.9 Å². The van der Waals surface area contributed by atoms with Gasteiger partial charge in [-0.15, -0.1) is 0 Å². The summed E-state index contributed by atoms with van der Waals surface area (Å²) in [6.07, 6.45) is 4.50. The SMILES string of the molecule is Cn1c(C2CCN(C(=O)c3ccc4ccccc4n3)C2)nc2ccncc21. The van der Waals surface area contributed by atoms with Gasteiger partial charge in [0.1, 0.15) is 11.5 Å². The molecule has 5 rings (SSSR count). The molecule has 0 bridgehead atoms. The predicted molar refractivity (Wildman–Crippen MR) is 104 cm³/mol. The molecule has 0 N–H and O–H groups in total. The lowest BCUT2D eigenvalue weighted by molar-refractivity contribution is 0.0785. The molecule has 134 valence electrons. The highest BCUT2D eigenvalue weighted by Gasteiger charge is 2.31. The lowest BCUT2D eigenvalue weighted by Gasteiger charge is -2.16. The highest BCUT2D eigenvalue weighted by Crippen LogP contribution is 2.29. The smallest absolute Gasteiger partial charge is 0.272 e. The molecule has 1 aliphatic rings. The summed E-state index contributed by atoms with van der Waals surface area (Å²) in [5, 5.41) is 1.04. The van der Waals surface area contributed by atoms with E-state index in [1.807, 2.05) is 60.6 Å². The minimum absolute atomic E-state index is 0.0105. The standard InChI is InChI=1S/C21H19N5O/c1-25-19-12-22-10-8-17(19)24-20(25)15-9-11-26(13-15)21(27)18-7-6-14-4-2-3-5-16(14)23-18/h2-8,10,12,15H,9,11,13H2,1H3. The van der Waals surface area contributed by atoms with Gasteiger partial charge in [-0.2, -0.15) is 0 Å². The van der Waals surface area contributed by atoms with Gasteiger partial charge in [0.2, 0.25) is 0 Å². The Morgan fingerprint density at radius 3 is 2.85 bits per heavy atom. The van der Waals surface area contributed by atoms with E-state index in [1.165, 1.54) is 0 Å². The fourth-order valence-electron chi connectivity index (χ4n) is 3.92. The van der Waals surface area contributed by atoms with E-state index in [4.69, 9.17) is 4.98 Å². The molecule has 4 heterocycles. The number of aryl methyl sites for hydroxylation is 1. The van der Waals surface area contributed by atoms with Gasteiger partial charge in [0.15, 0.2) is 0 Å². The number of fused-ring (bicyclic) bond motifs is 2. The largest absolute Gasteiger partial charge is 0.337 e. The van der Waals surface area contributed by atoms with E-state index in [1.54, 1.807) is 6.20 Å². The third-order valence-corrected chi connectivity index (χ3v) is 5.38. The molecule has 1 aromatic carbocycles. The van der Waals surface area contributed by atoms with Crippen molar-refractivity contribution in [1.82, 2.24) is 24.4 Å². The van der Waals surface area contributed by atoms with Crippen LogP contribution in [0.1, 0.15) is 28.7 Å². The number of aromatic nitrogens is 4. The summed E-state index contributed by atoms with van der Waals surface area (Å²) >= 11 is 0. The van der Waals surface area contributed by atoms with Crippen molar-refractivity contribution >= 4 is 27.8 Å². The zero-order valence-electron chi connectivity index (χ0n) is 15.0. The summed E-state index contributed by atoms with van der Waals surface area (Å²) in [4.78, 5) is 28.3. The minimum atomic E-state index is -0.0105. The monoisotopic (exact) mass is 357 g/mol. The Morgan fingerprint density at radius 1 is 1.07 bits per heavy atom. The molecule has 1 fully saturated rings. The molecule has 27 heavy (non-hydrogen) atoms. The second-order valence-corrected chi connectivity index (χ2v) is 7.02. The van der Waals surface area contributed by atoms with Crippen molar-refractivity contribution in [2.45, 2.75) is 12.3 Å². The van der Waals surface area contributed by atoms with Crippen molar-refractivity contribution in [3.63, 3.8) is 0 Å². The highest BCUT2D eigenvalue weighted by atomic mass is 16.2. The van der Waals surface area contributed by atoms with Crippen molar-refractivity contribution in [1.29, 1.82) is 0 Å². The second kappa shape index (κ2) is 6.16. The first-order chi connectivity index (χ1) is 13.2. The van der Waals surface area contributed by atoms with Crippen LogP contribution in [-0.4, -0.2) is 43.4 Å². The summed E-state index contributed by atoms with van der Waals surface area (Å²) in [5.74, 6) is 1.23. The van der Waals surface area contributed by atoms with Crippen molar-refractivity contribution < 1.29 is 4.79 Å². The molecule has 6 heteroatoms. The van der Waals surface area contributed by atoms with Gasteiger partial charge in [0.25, 0.3) is 5.91 Å². The van der Waals surface area contributed by atoms with Crippen molar-refractivity contribution in [3.05, 3.63) is 66.4 Å². The average Bonchev–Trinajstić information content (AvgIpc) is 3.32. The number of hydrogen-bond acceptors (Lipinski definition) is 4. The van der Waals surface area contributed by atoms with Crippen LogP contribution >= 0.6 is 0 Å². The van der Waals surface area contributed by atoms with E-state index >= 15 is 0 Å². The van der Waals surface area contributed by atoms with Crippen LogP contribution in [0.5, 0.6) is 0 Å². The summed E-state index contributed by atoms with van der Waals surface area (Å²) in [6, 6.07) is 13.6. The zero-order chi connectivity index (χ0) is 18.4. The van der Waals surface area contributed by atoms with E-state index in [2.05, 4.69) is 14.5 Å². The van der Waals surface area contributed by atoms with Gasteiger partial charge in [-0.25, -0.2) is 9.97 Å². The Labute approximate surface area is 156 Å². The van der Waals surface area contributed by atoms with E-state index in [0.717, 1.165) is 40.7 Å². The van der Waals surface area contributed by atoms with Crippen LogP contribution in [0, 0.1) is 0 Å². The quantitative estimate of drug-likeness (QED) is 0.553. The molecule has 1 unspecified atom stereocenters. The molecular formula is C21H19N5O. The Bertz CT molecular complexity index is 1170. The number of imidazole rings is 1. The van der Waals surface area contributed by atoms with Crippen molar-refractivity contribution in [2.24, 2.45) is 7.05 Å². The van der Waals surface area contributed by atoms with Crippen LogP contribution < -0.4 is 0 Å². The molecular weight excluding hydrogens is 338 g/mol. The Balaban J connectivity index is 1.40. The number of carbonyl (C=O) groups excluding carboxylic acids is 1. The molecule has 0 saturated carbocycles. The Morgan fingerprint density at radius 2 is 1.96 bits per heavy atom. The molecule has 0 radical (unpaired) electrons. The van der Waals surface area contributed by atoms with Gasteiger partial charge in [-0.3, -0.25) is 9.78 Å². The molecule has 3 aromatic heterocycles. The zero-order valence-corrected chi connectivity index (χ0v) is 15.0. The summed E-state index contributed by atoms with van der Waals surface area (Å²) < 4.78 is 2.09. The first-order valence-corrected chi connectivity index (χ1v) is 9.12. The van der Waals surface area contributed by atoms with Crippen LogP contribution in [0.2, 0.25) is 0 Å². The average molecular weight is 357 g/mol. The van der Waals surface area contributed by atoms with Crippen molar-refractivity contribution in [3.8, 4) is 0 Å².